The van der Waals surface area contributed by atoms with Crippen molar-refractivity contribution in [3.05, 3.63) is 35.4 Å². The Morgan fingerprint density at radius 3 is 2.21 bits per heavy atom. The van der Waals surface area contributed by atoms with Crippen LogP contribution < -0.4 is 5.32 Å². The minimum atomic E-state index is 0.888. The van der Waals surface area contributed by atoms with Crippen LogP contribution in [-0.4, -0.2) is 13.1 Å². The lowest BCUT2D eigenvalue weighted by Gasteiger charge is -2.32. The van der Waals surface area contributed by atoms with E-state index in [-0.39, 0.29) is 0 Å². The standard InChI is InChI=1S/C18H29N/c1-3-15-9-11-16(12-10-15)13-17-7-5-6-8-18(17)14-19-4-2/h9-12,17-19H,3-8,13-14H2,1-2H3. The van der Waals surface area contributed by atoms with Crippen molar-refractivity contribution in [2.45, 2.75) is 52.4 Å². The second kappa shape index (κ2) is 7.69. The molecule has 0 aromatic heterocycles. The topological polar surface area (TPSA) is 12.0 Å². The van der Waals surface area contributed by atoms with E-state index in [1.54, 1.807) is 0 Å². The lowest BCUT2D eigenvalue weighted by atomic mass is 9.76. The highest BCUT2D eigenvalue weighted by Gasteiger charge is 2.24. The van der Waals surface area contributed by atoms with Crippen molar-refractivity contribution >= 4 is 0 Å². The van der Waals surface area contributed by atoms with Crippen LogP contribution in [0.3, 0.4) is 0 Å². The van der Waals surface area contributed by atoms with Gasteiger partial charge in [0.15, 0.2) is 0 Å². The third-order valence-electron chi connectivity index (χ3n) is 4.65. The maximum atomic E-state index is 3.55. The number of benzene rings is 1. The first-order valence-electron chi connectivity index (χ1n) is 8.12. The lowest BCUT2D eigenvalue weighted by Crippen LogP contribution is -2.31. The molecule has 1 saturated carbocycles. The molecule has 1 nitrogen and oxygen atoms in total. The smallest absolute Gasteiger partial charge is 0.00179 e. The van der Waals surface area contributed by atoms with E-state index >= 15 is 0 Å². The quantitative estimate of drug-likeness (QED) is 0.807. The average Bonchev–Trinajstić information content (AvgIpc) is 2.47. The van der Waals surface area contributed by atoms with Gasteiger partial charge in [-0.1, -0.05) is 51.0 Å². The normalized spacial score (nSPS) is 23.5. The maximum absolute atomic E-state index is 3.55. The van der Waals surface area contributed by atoms with Crippen molar-refractivity contribution in [2.24, 2.45) is 11.8 Å². The molecule has 0 radical (unpaired) electrons. The minimum absolute atomic E-state index is 0.888. The molecular formula is C18H29N. The molecule has 0 bridgehead atoms. The van der Waals surface area contributed by atoms with Gasteiger partial charge in [0.1, 0.15) is 0 Å². The molecular weight excluding hydrogens is 230 g/mol. The van der Waals surface area contributed by atoms with Gasteiger partial charge in [-0.05, 0) is 61.7 Å². The molecule has 1 aliphatic rings. The average molecular weight is 259 g/mol. The van der Waals surface area contributed by atoms with Gasteiger partial charge < -0.3 is 5.32 Å². The van der Waals surface area contributed by atoms with Gasteiger partial charge in [0.2, 0.25) is 0 Å². The monoisotopic (exact) mass is 259 g/mol. The predicted octanol–water partition coefficient (Wildman–Crippen LogP) is 4.21. The molecule has 2 rings (SSSR count). The first kappa shape index (κ1) is 14.6. The molecule has 0 heterocycles. The SMILES string of the molecule is CCNCC1CCCCC1Cc1ccc(CC)cc1. The van der Waals surface area contributed by atoms with Crippen molar-refractivity contribution in [3.63, 3.8) is 0 Å². The number of aryl methyl sites for hydroxylation is 1. The number of hydrogen-bond acceptors (Lipinski definition) is 1. The highest BCUT2D eigenvalue weighted by molar-refractivity contribution is 5.23. The summed E-state index contributed by atoms with van der Waals surface area (Å²) in [7, 11) is 0. The van der Waals surface area contributed by atoms with Crippen LogP contribution in [0.5, 0.6) is 0 Å². The summed E-state index contributed by atoms with van der Waals surface area (Å²) in [5, 5.41) is 3.55. The van der Waals surface area contributed by atoms with Gasteiger partial charge in [-0.25, -0.2) is 0 Å². The summed E-state index contributed by atoms with van der Waals surface area (Å²) in [5.41, 5.74) is 2.99. The molecule has 1 heteroatoms. The summed E-state index contributed by atoms with van der Waals surface area (Å²) >= 11 is 0. The van der Waals surface area contributed by atoms with Crippen LogP contribution in [0, 0.1) is 11.8 Å². The van der Waals surface area contributed by atoms with Crippen molar-refractivity contribution in [1.82, 2.24) is 5.32 Å². The summed E-state index contributed by atoms with van der Waals surface area (Å²) in [6, 6.07) is 9.30. The van der Waals surface area contributed by atoms with Crippen LogP contribution in [0.25, 0.3) is 0 Å². The van der Waals surface area contributed by atoms with E-state index in [1.165, 1.54) is 49.8 Å². The summed E-state index contributed by atoms with van der Waals surface area (Å²) in [6.45, 7) is 6.76. The Morgan fingerprint density at radius 2 is 1.58 bits per heavy atom. The van der Waals surface area contributed by atoms with Gasteiger partial charge in [0.25, 0.3) is 0 Å². The second-order valence-corrected chi connectivity index (χ2v) is 5.99. The van der Waals surface area contributed by atoms with Gasteiger partial charge in [0.05, 0.1) is 0 Å². The van der Waals surface area contributed by atoms with Crippen LogP contribution in [0.15, 0.2) is 24.3 Å². The Kier molecular flexibility index (Phi) is 5.91. The molecule has 2 atom stereocenters. The fourth-order valence-electron chi connectivity index (χ4n) is 3.37. The molecule has 0 amide bonds. The van der Waals surface area contributed by atoms with Gasteiger partial charge >= 0.3 is 0 Å². The largest absolute Gasteiger partial charge is 0.317 e. The number of rotatable bonds is 6. The molecule has 2 unspecified atom stereocenters. The minimum Gasteiger partial charge on any atom is -0.317 e. The Bertz CT molecular complexity index is 354. The van der Waals surface area contributed by atoms with E-state index in [4.69, 9.17) is 0 Å². The van der Waals surface area contributed by atoms with Crippen molar-refractivity contribution < 1.29 is 0 Å². The predicted molar refractivity (Wildman–Crippen MR) is 83.5 cm³/mol. The Hall–Kier alpha value is -0.820. The zero-order chi connectivity index (χ0) is 13.5. The van der Waals surface area contributed by atoms with E-state index in [9.17, 15) is 0 Å². The lowest BCUT2D eigenvalue weighted by molar-refractivity contribution is 0.229. The molecule has 1 aliphatic carbocycles. The highest BCUT2D eigenvalue weighted by Crippen LogP contribution is 2.32. The molecule has 1 fully saturated rings. The molecule has 0 aliphatic heterocycles. The molecule has 0 saturated heterocycles. The van der Waals surface area contributed by atoms with Crippen molar-refractivity contribution in [1.29, 1.82) is 0 Å². The van der Waals surface area contributed by atoms with E-state index in [0.29, 0.717) is 0 Å². The van der Waals surface area contributed by atoms with E-state index in [0.717, 1.165) is 24.8 Å². The van der Waals surface area contributed by atoms with Crippen LogP contribution in [0.2, 0.25) is 0 Å². The van der Waals surface area contributed by atoms with Crippen molar-refractivity contribution in [3.8, 4) is 0 Å². The first-order chi connectivity index (χ1) is 9.33. The fourth-order valence-corrected chi connectivity index (χ4v) is 3.37. The van der Waals surface area contributed by atoms with Crippen LogP contribution >= 0.6 is 0 Å². The van der Waals surface area contributed by atoms with Gasteiger partial charge in [0, 0.05) is 0 Å². The zero-order valence-electron chi connectivity index (χ0n) is 12.6. The molecule has 0 spiro atoms. The van der Waals surface area contributed by atoms with Crippen LogP contribution in [-0.2, 0) is 12.8 Å². The molecule has 19 heavy (non-hydrogen) atoms. The molecule has 1 aromatic carbocycles. The molecule has 1 aromatic rings. The van der Waals surface area contributed by atoms with Crippen molar-refractivity contribution in [2.75, 3.05) is 13.1 Å². The fraction of sp³-hybridized carbons (Fsp3) is 0.667. The van der Waals surface area contributed by atoms with E-state index in [1.807, 2.05) is 0 Å². The van der Waals surface area contributed by atoms with Crippen LogP contribution in [0.1, 0.15) is 50.7 Å². The highest BCUT2D eigenvalue weighted by atomic mass is 14.8. The number of hydrogen-bond donors (Lipinski definition) is 1. The summed E-state index contributed by atoms with van der Waals surface area (Å²) < 4.78 is 0. The Morgan fingerprint density at radius 1 is 0.947 bits per heavy atom. The third kappa shape index (κ3) is 4.35. The summed E-state index contributed by atoms with van der Waals surface area (Å²) in [5.74, 6) is 1.78. The number of nitrogens with one attached hydrogen (secondary N) is 1. The van der Waals surface area contributed by atoms with E-state index < -0.39 is 0 Å². The summed E-state index contributed by atoms with van der Waals surface area (Å²) in [6.07, 6.45) is 8.13. The third-order valence-corrected chi connectivity index (χ3v) is 4.65. The van der Waals surface area contributed by atoms with Gasteiger partial charge in [-0.2, -0.15) is 0 Å². The van der Waals surface area contributed by atoms with Crippen LogP contribution in [0.4, 0.5) is 0 Å². The Labute approximate surface area is 118 Å². The Balaban J connectivity index is 1.93. The first-order valence-corrected chi connectivity index (χ1v) is 8.12. The van der Waals surface area contributed by atoms with Gasteiger partial charge in [-0.3, -0.25) is 0 Å². The second-order valence-electron chi connectivity index (χ2n) is 5.99. The molecule has 106 valence electrons. The molecule has 1 N–H and O–H groups in total. The van der Waals surface area contributed by atoms with E-state index in [2.05, 4.69) is 43.4 Å². The summed E-state index contributed by atoms with van der Waals surface area (Å²) in [4.78, 5) is 0. The van der Waals surface area contributed by atoms with Gasteiger partial charge in [-0.15, -0.1) is 0 Å². The maximum Gasteiger partial charge on any atom is -0.00179 e. The zero-order valence-corrected chi connectivity index (χ0v) is 12.6.